The minimum absolute atomic E-state index is 0.826. The molecule has 0 heterocycles. The topological polar surface area (TPSA) is 0 Å². The molecular formula is C10H10Cl2Zr. The molecule has 1 aliphatic rings. The molecule has 0 nitrogen and oxygen atoms in total. The molecule has 0 fully saturated rings. The van der Waals surface area contributed by atoms with Crippen LogP contribution in [0.5, 0.6) is 0 Å². The third kappa shape index (κ3) is 3.24. The average Bonchev–Trinajstić information content (AvgIpc) is 2.50. The van der Waals surface area contributed by atoms with Crippen molar-refractivity contribution in [2.24, 2.45) is 0 Å². The van der Waals surface area contributed by atoms with Gasteiger partial charge in [0.1, 0.15) is 0 Å². The van der Waals surface area contributed by atoms with Crippen molar-refractivity contribution in [1.29, 1.82) is 0 Å². The summed E-state index contributed by atoms with van der Waals surface area (Å²) in [4.78, 5) is 0. The molecule has 0 aromatic heterocycles. The zero-order valence-electron chi connectivity index (χ0n) is 7.35. The van der Waals surface area contributed by atoms with Gasteiger partial charge in [-0.1, -0.05) is 30.3 Å². The predicted molar refractivity (Wildman–Crippen MR) is 55.5 cm³/mol. The molecule has 0 radical (unpaired) electrons. The summed E-state index contributed by atoms with van der Waals surface area (Å²) in [5, 5.41) is 0. The molecule has 1 aromatic carbocycles. The van der Waals surface area contributed by atoms with Crippen LogP contribution in [0.1, 0.15) is 18.1 Å². The van der Waals surface area contributed by atoms with Crippen LogP contribution in [0, 0.1) is 0 Å². The van der Waals surface area contributed by atoms with Gasteiger partial charge < -0.3 is 0 Å². The first-order chi connectivity index (χ1) is 6.29. The van der Waals surface area contributed by atoms with Gasteiger partial charge in [0, 0.05) is 0 Å². The van der Waals surface area contributed by atoms with E-state index in [1.807, 2.05) is 0 Å². The molecule has 0 unspecified atom stereocenters. The van der Waals surface area contributed by atoms with Gasteiger partial charge in [-0.05, 0) is 30.0 Å². The van der Waals surface area contributed by atoms with Crippen molar-refractivity contribution in [3.8, 4) is 0 Å². The Morgan fingerprint density at radius 1 is 1.23 bits per heavy atom. The summed E-state index contributed by atoms with van der Waals surface area (Å²) in [6, 6.07) is 8.59. The second-order valence-corrected chi connectivity index (χ2v) is 6.55. The van der Waals surface area contributed by atoms with Crippen molar-refractivity contribution in [2.75, 3.05) is 0 Å². The number of rotatable bonds is 0. The van der Waals surface area contributed by atoms with Gasteiger partial charge in [0.15, 0.2) is 0 Å². The molecule has 0 bridgehead atoms. The van der Waals surface area contributed by atoms with Gasteiger partial charge in [0.25, 0.3) is 0 Å². The third-order valence-corrected chi connectivity index (χ3v) is 2.07. The first-order valence-electron chi connectivity index (χ1n) is 4.01. The fourth-order valence-electron chi connectivity index (χ4n) is 1.46. The van der Waals surface area contributed by atoms with Crippen LogP contribution in [0.2, 0.25) is 0 Å². The van der Waals surface area contributed by atoms with Crippen LogP contribution in [0.4, 0.5) is 0 Å². The van der Waals surface area contributed by atoms with Gasteiger partial charge in [-0.15, -0.1) is 0 Å². The van der Waals surface area contributed by atoms with E-state index in [4.69, 9.17) is 17.0 Å². The van der Waals surface area contributed by atoms with Crippen molar-refractivity contribution in [2.45, 2.75) is 13.3 Å². The Hall–Kier alpha value is 0.423. The maximum atomic E-state index is 4.93. The fourth-order valence-corrected chi connectivity index (χ4v) is 1.46. The molecule has 1 aliphatic carbocycles. The molecule has 68 valence electrons. The second kappa shape index (κ2) is 6.01. The monoisotopic (exact) mass is 290 g/mol. The molecule has 3 heteroatoms. The quantitative estimate of drug-likeness (QED) is 0.677. The van der Waals surface area contributed by atoms with Gasteiger partial charge in [-0.3, -0.25) is 0 Å². The Labute approximate surface area is 97.6 Å². The molecule has 0 atom stereocenters. The van der Waals surface area contributed by atoms with Gasteiger partial charge in [0.05, 0.1) is 0 Å². The Morgan fingerprint density at radius 3 is 2.46 bits per heavy atom. The molecule has 1 aromatic rings. The van der Waals surface area contributed by atoms with Crippen LogP contribution in [0.25, 0.3) is 5.57 Å². The number of fused-ring (bicyclic) bond motifs is 1. The van der Waals surface area contributed by atoms with E-state index in [-0.39, 0.29) is 0 Å². The number of hydrogen-bond donors (Lipinski definition) is 0. The summed E-state index contributed by atoms with van der Waals surface area (Å²) in [5.74, 6) is 0. The zero-order valence-corrected chi connectivity index (χ0v) is 11.3. The van der Waals surface area contributed by atoms with E-state index in [1.54, 1.807) is 0 Å². The summed E-state index contributed by atoms with van der Waals surface area (Å²) in [5.41, 5.74) is 4.33. The van der Waals surface area contributed by atoms with Crippen LogP contribution >= 0.6 is 17.0 Å². The van der Waals surface area contributed by atoms with Crippen LogP contribution in [-0.2, 0) is 27.3 Å². The zero-order chi connectivity index (χ0) is 9.68. The standard InChI is InChI=1S/C10H10.2ClH.Zr/c1-8-6-7-9-4-2-3-5-10(8)9;;;/h2-6H,7H2,1H3;2*1H;/q;;;+2/p-2. The van der Waals surface area contributed by atoms with Crippen molar-refractivity contribution >= 4 is 22.6 Å². The van der Waals surface area contributed by atoms with Crippen molar-refractivity contribution < 1.29 is 20.8 Å². The number of hydrogen-bond acceptors (Lipinski definition) is 0. The summed E-state index contributed by atoms with van der Waals surface area (Å²) in [7, 11) is 9.87. The summed E-state index contributed by atoms with van der Waals surface area (Å²) in [6.07, 6.45) is 3.41. The molecule has 2 rings (SSSR count). The van der Waals surface area contributed by atoms with Crippen molar-refractivity contribution in [3.63, 3.8) is 0 Å². The van der Waals surface area contributed by atoms with Gasteiger partial charge in [-0.25, -0.2) is 0 Å². The molecule has 0 spiro atoms. The van der Waals surface area contributed by atoms with Crippen LogP contribution in [-0.4, -0.2) is 0 Å². The SMILES string of the molecule is CC1=CCc2ccccc21.[Cl][Zr][Cl]. The minimum atomic E-state index is -0.826. The number of benzene rings is 1. The summed E-state index contributed by atoms with van der Waals surface area (Å²) in [6.45, 7) is 2.17. The Kier molecular flexibility index (Phi) is 5.32. The predicted octanol–water partition coefficient (Wildman–Crippen LogP) is 4.02. The van der Waals surface area contributed by atoms with Gasteiger partial charge >= 0.3 is 37.9 Å². The van der Waals surface area contributed by atoms with Crippen LogP contribution in [0.3, 0.4) is 0 Å². The Balaban J connectivity index is 0.000000251. The molecule has 0 saturated heterocycles. The van der Waals surface area contributed by atoms with Crippen LogP contribution in [0.15, 0.2) is 30.3 Å². The van der Waals surface area contributed by atoms with E-state index in [9.17, 15) is 0 Å². The molecular weight excluding hydrogens is 282 g/mol. The molecule has 13 heavy (non-hydrogen) atoms. The van der Waals surface area contributed by atoms with Gasteiger partial charge in [0.2, 0.25) is 0 Å². The Bertz CT molecular complexity index is 308. The normalized spacial score (nSPS) is 12.4. The molecule has 0 amide bonds. The molecule has 0 N–H and O–H groups in total. The third-order valence-electron chi connectivity index (χ3n) is 2.07. The first-order valence-corrected chi connectivity index (χ1v) is 10.3. The maximum absolute atomic E-state index is 4.93. The van der Waals surface area contributed by atoms with E-state index < -0.39 is 20.8 Å². The first kappa shape index (κ1) is 11.5. The molecule has 0 saturated carbocycles. The van der Waals surface area contributed by atoms with E-state index in [2.05, 4.69) is 37.3 Å². The summed E-state index contributed by atoms with van der Waals surface area (Å²) >= 11 is -0.826. The van der Waals surface area contributed by atoms with Crippen molar-refractivity contribution in [1.82, 2.24) is 0 Å². The fraction of sp³-hybridized carbons (Fsp3) is 0.200. The number of allylic oxidation sites excluding steroid dienone is 2. The molecule has 0 aliphatic heterocycles. The average molecular weight is 292 g/mol. The van der Waals surface area contributed by atoms with E-state index >= 15 is 0 Å². The van der Waals surface area contributed by atoms with Gasteiger partial charge in [-0.2, -0.15) is 0 Å². The van der Waals surface area contributed by atoms with E-state index in [1.165, 1.54) is 16.7 Å². The van der Waals surface area contributed by atoms with Crippen molar-refractivity contribution in [3.05, 3.63) is 41.5 Å². The Morgan fingerprint density at radius 2 is 1.85 bits per heavy atom. The van der Waals surface area contributed by atoms with E-state index in [0.717, 1.165) is 6.42 Å². The second-order valence-electron chi connectivity index (χ2n) is 2.82. The number of halogens is 2. The van der Waals surface area contributed by atoms with E-state index in [0.29, 0.717) is 0 Å². The van der Waals surface area contributed by atoms with Crippen LogP contribution < -0.4 is 0 Å². The summed E-state index contributed by atoms with van der Waals surface area (Å²) < 4.78 is 0.